The van der Waals surface area contributed by atoms with Crippen molar-refractivity contribution in [1.82, 2.24) is 0 Å². The van der Waals surface area contributed by atoms with Crippen LogP contribution in [-0.4, -0.2) is 156 Å². The molecule has 0 aromatic rings. The fraction of sp³-hybridized carbons (Fsp3) is 0.963. The zero-order valence-corrected chi connectivity index (χ0v) is 23.3. The van der Waals surface area contributed by atoms with Crippen molar-refractivity contribution in [3.63, 3.8) is 0 Å². The molecule has 0 aromatic carbocycles. The maximum atomic E-state index is 13.1. The van der Waals surface area contributed by atoms with Crippen LogP contribution in [0.3, 0.4) is 0 Å². The van der Waals surface area contributed by atoms with E-state index >= 15 is 0 Å². The normalized spacial score (nSPS) is 53.9. The van der Waals surface area contributed by atoms with Gasteiger partial charge in [-0.25, -0.2) is 0 Å². The van der Waals surface area contributed by atoms with Gasteiger partial charge in [-0.3, -0.25) is 4.79 Å². The van der Waals surface area contributed by atoms with Crippen LogP contribution in [0.15, 0.2) is 0 Å². The van der Waals surface area contributed by atoms with Gasteiger partial charge in [-0.2, -0.15) is 0 Å². The Morgan fingerprint density at radius 3 is 2.14 bits per heavy atom. The highest BCUT2D eigenvalue weighted by atomic mass is 16.8. The van der Waals surface area contributed by atoms with E-state index in [0.717, 1.165) is 0 Å². The third-order valence-electron chi connectivity index (χ3n) is 9.54. The number of hydrogen-bond donors (Lipinski definition) is 9. The van der Waals surface area contributed by atoms with Gasteiger partial charge in [0.05, 0.1) is 55.3 Å². The molecule has 8 unspecified atom stereocenters. The van der Waals surface area contributed by atoms with Crippen LogP contribution < -0.4 is 0 Å². The monoisotopic (exact) mass is 608 g/mol. The van der Waals surface area contributed by atoms with Gasteiger partial charge in [-0.1, -0.05) is 0 Å². The average Bonchev–Trinajstić information content (AvgIpc) is 2.95. The minimum atomic E-state index is -1.72. The molecule has 2 aliphatic carbocycles. The molecule has 5 fully saturated rings. The molecule has 3 saturated heterocycles. The first kappa shape index (κ1) is 32.5. The van der Waals surface area contributed by atoms with E-state index in [0.29, 0.717) is 12.8 Å². The Bertz CT molecular complexity index is 924. The van der Waals surface area contributed by atoms with Crippen LogP contribution in [0.5, 0.6) is 0 Å². The summed E-state index contributed by atoms with van der Waals surface area (Å²) in [5, 5.41) is 92.6. The summed E-state index contributed by atoms with van der Waals surface area (Å²) in [5.41, 5.74) is 0. The summed E-state index contributed by atoms with van der Waals surface area (Å²) in [6.07, 6.45) is -18.1. The van der Waals surface area contributed by atoms with E-state index in [1.54, 1.807) is 0 Å². The number of hydrogen-bond acceptors (Lipinski definition) is 15. The van der Waals surface area contributed by atoms with Gasteiger partial charge in [-0.05, 0) is 32.1 Å². The Balaban J connectivity index is 1.29. The quantitative estimate of drug-likeness (QED) is 0.140. The van der Waals surface area contributed by atoms with Crippen LogP contribution in [0.25, 0.3) is 0 Å². The maximum absolute atomic E-state index is 13.1. The van der Waals surface area contributed by atoms with Crippen molar-refractivity contribution >= 4 is 5.78 Å². The molecule has 42 heavy (non-hydrogen) atoms. The summed E-state index contributed by atoms with van der Waals surface area (Å²) in [7, 11) is 0. The number of rotatable bonds is 6. The topological polar surface area (TPSA) is 245 Å². The van der Waals surface area contributed by atoms with Crippen molar-refractivity contribution < 1.29 is 74.4 Å². The molecule has 0 aromatic heterocycles. The Morgan fingerprint density at radius 2 is 1.45 bits per heavy atom. The number of ether oxygens (including phenoxy) is 5. The molecule has 3 aliphatic heterocycles. The largest absolute Gasteiger partial charge is 0.394 e. The standard InChI is InChI=1S/C27H44O15/c1-9-20(33)22(35)24(37)26(38-9)42-25-23(36)21(34)18(8-28)41-27(25)39-11-5-14(31)19-15(32)7-16(40-17(19)6-11)10-2-3-12(29)13(30)4-10/h9-14,16-31,33-37H,2-8H2,1H3/t9-,10?,11?,12?,13?,14?,16?,17?,18+,19?,20-,21+,22+,23-,24+,25+,26-,27+/m0/s1. The lowest BCUT2D eigenvalue weighted by molar-refractivity contribution is -0.371. The van der Waals surface area contributed by atoms with Crippen molar-refractivity contribution in [2.45, 2.75) is 143 Å². The zero-order valence-electron chi connectivity index (χ0n) is 23.3. The first-order valence-corrected chi connectivity index (χ1v) is 14.7. The Labute approximate surface area is 242 Å². The summed E-state index contributed by atoms with van der Waals surface area (Å²) in [6, 6.07) is 0. The Kier molecular flexibility index (Phi) is 10.2. The van der Waals surface area contributed by atoms with E-state index in [1.807, 2.05) is 0 Å². The van der Waals surface area contributed by atoms with Crippen molar-refractivity contribution in [2.75, 3.05) is 6.61 Å². The second kappa shape index (κ2) is 13.2. The predicted molar refractivity (Wildman–Crippen MR) is 136 cm³/mol. The van der Waals surface area contributed by atoms with Gasteiger partial charge in [0.1, 0.15) is 48.5 Å². The van der Waals surface area contributed by atoms with Crippen LogP contribution in [0.2, 0.25) is 0 Å². The van der Waals surface area contributed by atoms with E-state index in [-0.39, 0.29) is 37.4 Å². The molecule has 242 valence electrons. The summed E-state index contributed by atoms with van der Waals surface area (Å²) >= 11 is 0. The van der Waals surface area contributed by atoms with Gasteiger partial charge in [-0.15, -0.1) is 0 Å². The lowest BCUT2D eigenvalue weighted by Gasteiger charge is -2.49. The van der Waals surface area contributed by atoms with E-state index < -0.39 is 111 Å². The number of ketones is 1. The lowest BCUT2D eigenvalue weighted by atomic mass is 9.73. The molecule has 5 rings (SSSR count). The summed E-state index contributed by atoms with van der Waals surface area (Å²) in [6.45, 7) is 0.776. The Hall–Kier alpha value is -0.890. The molecule has 5 aliphatic rings. The van der Waals surface area contributed by atoms with Crippen LogP contribution in [0.4, 0.5) is 0 Å². The second-order valence-corrected chi connectivity index (χ2v) is 12.4. The molecule has 0 radical (unpaired) electrons. The maximum Gasteiger partial charge on any atom is 0.187 e. The van der Waals surface area contributed by atoms with Gasteiger partial charge in [0.15, 0.2) is 12.6 Å². The van der Waals surface area contributed by atoms with Crippen molar-refractivity contribution in [1.29, 1.82) is 0 Å². The SMILES string of the molecule is C[C@@H]1O[C@@H](O[C@H]2[C@H](OC3CC(O)C4C(=O)CC(C5CCC(O)C(O)C5)OC4C3)O[C@H](CO)[C@@H](O)[C@@H]2O)[C@H](O)[C@H](O)[C@H]1O. The molecule has 9 N–H and O–H groups in total. The van der Waals surface area contributed by atoms with E-state index in [1.165, 1.54) is 6.92 Å². The van der Waals surface area contributed by atoms with E-state index in [2.05, 4.69) is 0 Å². The first-order chi connectivity index (χ1) is 19.9. The summed E-state index contributed by atoms with van der Waals surface area (Å²) < 4.78 is 29.3. The number of aliphatic hydroxyl groups excluding tert-OH is 9. The number of fused-ring (bicyclic) bond motifs is 1. The Morgan fingerprint density at radius 1 is 0.714 bits per heavy atom. The van der Waals surface area contributed by atoms with Crippen LogP contribution in [-0.2, 0) is 28.5 Å². The summed E-state index contributed by atoms with van der Waals surface area (Å²) in [5.74, 6) is -1.08. The number of carbonyl (C=O) groups is 1. The first-order valence-electron chi connectivity index (χ1n) is 14.7. The molecule has 0 spiro atoms. The highest BCUT2D eigenvalue weighted by molar-refractivity contribution is 5.83. The molecule has 15 heteroatoms. The molecular formula is C27H44O15. The highest BCUT2D eigenvalue weighted by Gasteiger charge is 2.53. The fourth-order valence-corrected chi connectivity index (χ4v) is 7.00. The summed E-state index contributed by atoms with van der Waals surface area (Å²) in [4.78, 5) is 13.1. The highest BCUT2D eigenvalue weighted by Crippen LogP contribution is 2.41. The van der Waals surface area contributed by atoms with Crippen molar-refractivity contribution in [3.8, 4) is 0 Å². The molecule has 0 bridgehead atoms. The molecule has 0 amide bonds. The van der Waals surface area contributed by atoms with Crippen molar-refractivity contribution in [2.24, 2.45) is 11.8 Å². The minimum Gasteiger partial charge on any atom is -0.394 e. The van der Waals surface area contributed by atoms with Crippen LogP contribution in [0, 0.1) is 11.8 Å². The number of carbonyl (C=O) groups excluding carboxylic acids is 1. The molecule has 18 atom stereocenters. The van der Waals surface area contributed by atoms with Gasteiger partial charge in [0, 0.05) is 19.3 Å². The van der Waals surface area contributed by atoms with Crippen LogP contribution in [0.1, 0.15) is 45.4 Å². The number of aliphatic hydroxyl groups is 9. The van der Waals surface area contributed by atoms with Gasteiger partial charge < -0.3 is 69.6 Å². The number of Topliss-reactive ketones (excluding diaryl/α,β-unsaturated/α-hetero) is 1. The van der Waals surface area contributed by atoms with Gasteiger partial charge in [0.2, 0.25) is 0 Å². The van der Waals surface area contributed by atoms with Gasteiger partial charge >= 0.3 is 0 Å². The minimum absolute atomic E-state index is 0.00871. The molecule has 2 saturated carbocycles. The molecule has 3 heterocycles. The third kappa shape index (κ3) is 6.41. The average molecular weight is 609 g/mol. The van der Waals surface area contributed by atoms with Gasteiger partial charge in [0.25, 0.3) is 0 Å². The zero-order chi connectivity index (χ0) is 30.5. The third-order valence-corrected chi connectivity index (χ3v) is 9.54. The van der Waals surface area contributed by atoms with Crippen molar-refractivity contribution in [3.05, 3.63) is 0 Å². The molecule has 15 nitrogen and oxygen atoms in total. The smallest absolute Gasteiger partial charge is 0.187 e. The van der Waals surface area contributed by atoms with E-state index in [4.69, 9.17) is 23.7 Å². The predicted octanol–water partition coefficient (Wildman–Crippen LogP) is -3.96. The van der Waals surface area contributed by atoms with E-state index in [9.17, 15) is 50.8 Å². The fourth-order valence-electron chi connectivity index (χ4n) is 7.00. The lowest BCUT2D eigenvalue weighted by Crippen LogP contribution is -2.64. The molecular weight excluding hydrogens is 564 g/mol. The second-order valence-electron chi connectivity index (χ2n) is 12.4. The van der Waals surface area contributed by atoms with Crippen LogP contribution >= 0.6 is 0 Å².